The summed E-state index contributed by atoms with van der Waals surface area (Å²) >= 11 is 0. The zero-order valence-corrected chi connectivity index (χ0v) is 4.44. The van der Waals surface area contributed by atoms with Crippen LogP contribution in [0.2, 0.25) is 0 Å². The van der Waals surface area contributed by atoms with Crippen LogP contribution < -0.4 is 5.11 Å². The van der Waals surface area contributed by atoms with E-state index in [1.165, 1.54) is 12.3 Å². The van der Waals surface area contributed by atoms with Gasteiger partial charge in [0.05, 0.1) is 11.7 Å². The number of hydrogen-bond donors (Lipinski definition) is 0. The average Bonchev–Trinajstić information content (AvgIpc) is 1.90. The summed E-state index contributed by atoms with van der Waals surface area (Å²) in [6.45, 7) is 0. The molecule has 1 aromatic heterocycles. The largest absolute Gasteiger partial charge is 0.543 e. The van der Waals surface area contributed by atoms with Gasteiger partial charge in [-0.15, -0.1) is 0 Å². The Morgan fingerprint density at radius 1 is 1.67 bits per heavy atom. The van der Waals surface area contributed by atoms with Crippen LogP contribution in [-0.4, -0.2) is 15.9 Å². The van der Waals surface area contributed by atoms with Crippen LogP contribution in [0.1, 0.15) is 10.5 Å². The van der Waals surface area contributed by atoms with E-state index in [0.29, 0.717) is 0 Å². The first kappa shape index (κ1) is 5.68. The van der Waals surface area contributed by atoms with Gasteiger partial charge < -0.3 is 9.90 Å². The van der Waals surface area contributed by atoms with Gasteiger partial charge in [0.1, 0.15) is 6.33 Å². The minimum atomic E-state index is -1.28. The molecule has 0 spiro atoms. The van der Waals surface area contributed by atoms with Crippen LogP contribution in [0.3, 0.4) is 0 Å². The van der Waals surface area contributed by atoms with E-state index in [9.17, 15) is 9.90 Å². The van der Waals surface area contributed by atoms with Crippen LogP contribution in [-0.2, 0) is 0 Å². The molecule has 0 saturated heterocycles. The van der Waals surface area contributed by atoms with Crippen molar-refractivity contribution in [1.82, 2.24) is 9.97 Å². The highest BCUT2D eigenvalue weighted by Gasteiger charge is 1.88. The van der Waals surface area contributed by atoms with E-state index in [4.69, 9.17) is 0 Å². The van der Waals surface area contributed by atoms with Gasteiger partial charge in [0.25, 0.3) is 0 Å². The summed E-state index contributed by atoms with van der Waals surface area (Å²) < 4.78 is 0. The summed E-state index contributed by atoms with van der Waals surface area (Å²) in [5.74, 6) is -1.28. The number of carbonyl (C=O) groups excluding carboxylic acids is 1. The lowest BCUT2D eigenvalue weighted by Crippen LogP contribution is -2.23. The van der Waals surface area contributed by atoms with Crippen molar-refractivity contribution in [2.24, 2.45) is 0 Å². The molecule has 0 N–H and O–H groups in total. The van der Waals surface area contributed by atoms with Gasteiger partial charge in [-0.3, -0.25) is 0 Å². The predicted octanol–water partition coefficient (Wildman–Crippen LogP) is -1.16. The van der Waals surface area contributed by atoms with Crippen LogP contribution in [0.25, 0.3) is 0 Å². The van der Waals surface area contributed by atoms with Crippen molar-refractivity contribution in [3.05, 3.63) is 24.3 Å². The maximum atomic E-state index is 10.00. The highest BCUT2D eigenvalue weighted by molar-refractivity contribution is 5.82. The van der Waals surface area contributed by atoms with Crippen molar-refractivity contribution < 1.29 is 9.90 Å². The maximum Gasteiger partial charge on any atom is 0.116 e. The Morgan fingerprint density at radius 3 is 2.78 bits per heavy atom. The van der Waals surface area contributed by atoms with Gasteiger partial charge in [-0.2, -0.15) is 0 Å². The number of nitrogens with zero attached hydrogens (tertiary/aromatic N) is 2. The molecule has 0 saturated carbocycles. The van der Waals surface area contributed by atoms with Crippen LogP contribution in [0.5, 0.6) is 0 Å². The number of aromatic nitrogens is 2. The van der Waals surface area contributed by atoms with Crippen molar-refractivity contribution in [2.45, 2.75) is 0 Å². The first-order valence-corrected chi connectivity index (χ1v) is 2.28. The Bertz CT molecular complexity index is 209. The molecule has 46 valence electrons. The SMILES string of the molecule is O=C([O-])c1ccncn1. The van der Waals surface area contributed by atoms with Gasteiger partial charge in [0.2, 0.25) is 0 Å². The third-order valence-corrected chi connectivity index (χ3v) is 0.791. The maximum absolute atomic E-state index is 10.00. The molecular formula is C5H3N2O2-. The van der Waals surface area contributed by atoms with Gasteiger partial charge in [0.15, 0.2) is 0 Å². The van der Waals surface area contributed by atoms with Crippen LogP contribution in [0, 0.1) is 0 Å². The molecule has 1 aromatic rings. The van der Waals surface area contributed by atoms with Gasteiger partial charge in [0, 0.05) is 6.20 Å². The fourth-order valence-corrected chi connectivity index (χ4v) is 0.411. The number of rotatable bonds is 1. The predicted molar refractivity (Wildman–Crippen MR) is 26.4 cm³/mol. The number of carbonyl (C=O) groups is 1. The van der Waals surface area contributed by atoms with Crippen molar-refractivity contribution in [1.29, 1.82) is 0 Å². The van der Waals surface area contributed by atoms with Crippen LogP contribution >= 0.6 is 0 Å². The Kier molecular flexibility index (Phi) is 1.40. The number of aromatic carboxylic acids is 1. The van der Waals surface area contributed by atoms with Gasteiger partial charge >= 0.3 is 0 Å². The van der Waals surface area contributed by atoms with Crippen LogP contribution in [0.15, 0.2) is 18.6 Å². The molecule has 0 aliphatic carbocycles. The summed E-state index contributed by atoms with van der Waals surface area (Å²) in [7, 11) is 0. The molecule has 0 aliphatic heterocycles. The lowest BCUT2D eigenvalue weighted by Gasteiger charge is -1.96. The molecule has 1 heterocycles. The molecule has 0 fully saturated rings. The second kappa shape index (κ2) is 2.21. The van der Waals surface area contributed by atoms with E-state index >= 15 is 0 Å². The summed E-state index contributed by atoms with van der Waals surface area (Å²) in [6, 6.07) is 1.27. The minimum Gasteiger partial charge on any atom is -0.543 e. The Morgan fingerprint density at radius 2 is 2.44 bits per heavy atom. The number of carboxylic acids is 1. The molecule has 4 nitrogen and oxygen atoms in total. The third-order valence-electron chi connectivity index (χ3n) is 0.791. The summed E-state index contributed by atoms with van der Waals surface area (Å²) in [6.07, 6.45) is 2.50. The highest BCUT2D eigenvalue weighted by Crippen LogP contribution is 1.85. The molecule has 0 atom stereocenters. The Balaban J connectivity index is 2.98. The monoisotopic (exact) mass is 123 g/mol. The van der Waals surface area contributed by atoms with Crippen molar-refractivity contribution in [3.8, 4) is 0 Å². The molecule has 0 aliphatic rings. The second-order valence-electron chi connectivity index (χ2n) is 1.38. The highest BCUT2D eigenvalue weighted by atomic mass is 16.4. The van der Waals surface area contributed by atoms with Crippen molar-refractivity contribution in [2.75, 3.05) is 0 Å². The molecule has 9 heavy (non-hydrogen) atoms. The molecular weight excluding hydrogens is 120 g/mol. The number of carboxylic acid groups (broad SMARTS) is 1. The molecule has 0 amide bonds. The Labute approximate surface area is 51.2 Å². The standard InChI is InChI=1S/C5H4N2O2/c8-5(9)4-1-2-6-3-7-4/h1-3H,(H,8,9)/p-1. The van der Waals surface area contributed by atoms with Gasteiger partial charge in [-0.1, -0.05) is 0 Å². The van der Waals surface area contributed by atoms with Crippen molar-refractivity contribution >= 4 is 5.97 Å². The molecule has 1 rings (SSSR count). The Hall–Kier alpha value is -1.45. The van der Waals surface area contributed by atoms with E-state index in [0.717, 1.165) is 6.33 Å². The zero-order chi connectivity index (χ0) is 6.69. The summed E-state index contributed by atoms with van der Waals surface area (Å²) in [5, 5.41) is 10.00. The fourth-order valence-electron chi connectivity index (χ4n) is 0.411. The normalized spacial score (nSPS) is 8.89. The van der Waals surface area contributed by atoms with E-state index in [2.05, 4.69) is 9.97 Å². The number of hydrogen-bond acceptors (Lipinski definition) is 4. The van der Waals surface area contributed by atoms with E-state index in [1.807, 2.05) is 0 Å². The molecule has 0 aromatic carbocycles. The minimum absolute atomic E-state index is 0.0926. The van der Waals surface area contributed by atoms with Crippen LogP contribution in [0.4, 0.5) is 0 Å². The topological polar surface area (TPSA) is 65.9 Å². The van der Waals surface area contributed by atoms with Crippen molar-refractivity contribution in [3.63, 3.8) is 0 Å². The molecule has 0 unspecified atom stereocenters. The van der Waals surface area contributed by atoms with E-state index in [1.54, 1.807) is 0 Å². The molecule has 0 radical (unpaired) electrons. The first-order chi connectivity index (χ1) is 4.30. The van der Waals surface area contributed by atoms with E-state index in [-0.39, 0.29) is 5.69 Å². The average molecular weight is 123 g/mol. The van der Waals surface area contributed by atoms with Gasteiger partial charge in [-0.25, -0.2) is 9.97 Å². The molecule has 0 bridgehead atoms. The second-order valence-corrected chi connectivity index (χ2v) is 1.38. The molecule has 4 heteroatoms. The quantitative estimate of drug-likeness (QED) is 0.472. The third kappa shape index (κ3) is 1.22. The van der Waals surface area contributed by atoms with Gasteiger partial charge in [-0.05, 0) is 6.07 Å². The smallest absolute Gasteiger partial charge is 0.116 e. The van der Waals surface area contributed by atoms with E-state index < -0.39 is 5.97 Å². The zero-order valence-electron chi connectivity index (χ0n) is 4.44. The summed E-state index contributed by atoms with van der Waals surface area (Å²) in [5.41, 5.74) is -0.0926. The first-order valence-electron chi connectivity index (χ1n) is 2.28. The summed E-state index contributed by atoms with van der Waals surface area (Å²) in [4.78, 5) is 16.9. The lowest BCUT2D eigenvalue weighted by molar-refractivity contribution is -0.255. The fraction of sp³-hybridized carbons (Fsp3) is 0. The lowest BCUT2D eigenvalue weighted by atomic mass is 10.4.